The molecule has 0 spiro atoms. The maximum absolute atomic E-state index is 12.2. The molecule has 1 aromatic rings. The fourth-order valence-electron chi connectivity index (χ4n) is 1.72. The van der Waals surface area contributed by atoms with Crippen LogP contribution in [0.3, 0.4) is 0 Å². The quantitative estimate of drug-likeness (QED) is 0.772. The molecule has 0 radical (unpaired) electrons. The van der Waals surface area contributed by atoms with E-state index in [1.807, 2.05) is 0 Å². The molecule has 1 atom stereocenters. The molecule has 9 heteroatoms. The lowest BCUT2D eigenvalue weighted by Gasteiger charge is -2.16. The van der Waals surface area contributed by atoms with E-state index in [2.05, 4.69) is 34.7 Å². The molecule has 7 nitrogen and oxygen atoms in total. The predicted octanol–water partition coefficient (Wildman–Crippen LogP) is 1.64. The van der Waals surface area contributed by atoms with Crippen LogP contribution in [-0.2, 0) is 4.79 Å². The standard InChI is InChI=1S/C12H19N5O2S2/c1-7(2)6-14-10-15-16-12(21-10)20-8(3)9(18)17-5-4-13-11(17)19/h7-8H,4-6H2,1-3H3,(H,13,19)(H,14,15)/t8-/m0/s1. The summed E-state index contributed by atoms with van der Waals surface area (Å²) in [7, 11) is 0. The zero-order valence-corrected chi connectivity index (χ0v) is 13.9. The highest BCUT2D eigenvalue weighted by Crippen LogP contribution is 2.29. The smallest absolute Gasteiger partial charge is 0.324 e. The van der Waals surface area contributed by atoms with Crippen molar-refractivity contribution in [3.63, 3.8) is 0 Å². The molecule has 1 fully saturated rings. The fourth-order valence-corrected chi connectivity index (χ4v) is 3.69. The molecular formula is C12H19N5O2S2. The lowest BCUT2D eigenvalue weighted by atomic mass is 10.2. The highest BCUT2D eigenvalue weighted by molar-refractivity contribution is 8.02. The van der Waals surface area contributed by atoms with Crippen LogP contribution in [0.1, 0.15) is 20.8 Å². The number of nitrogens with one attached hydrogen (secondary N) is 2. The number of imide groups is 1. The van der Waals surface area contributed by atoms with Gasteiger partial charge in [-0.1, -0.05) is 36.9 Å². The molecule has 0 unspecified atom stereocenters. The number of nitrogens with zero attached hydrogens (tertiary/aromatic N) is 3. The summed E-state index contributed by atoms with van der Waals surface area (Å²) in [5.74, 6) is 0.334. The summed E-state index contributed by atoms with van der Waals surface area (Å²) < 4.78 is 0.724. The molecule has 21 heavy (non-hydrogen) atoms. The summed E-state index contributed by atoms with van der Waals surface area (Å²) in [5, 5.41) is 14.3. The molecule has 1 aromatic heterocycles. The molecule has 0 saturated carbocycles. The Kier molecular flexibility index (Phi) is 5.40. The Hall–Kier alpha value is -1.35. The molecule has 2 N–H and O–H groups in total. The zero-order valence-electron chi connectivity index (χ0n) is 12.3. The number of thioether (sulfide) groups is 1. The Morgan fingerprint density at radius 2 is 2.24 bits per heavy atom. The molecule has 0 bridgehead atoms. The second-order valence-corrected chi connectivity index (χ2v) is 7.70. The molecular weight excluding hydrogens is 310 g/mol. The Balaban J connectivity index is 1.88. The lowest BCUT2D eigenvalue weighted by Crippen LogP contribution is -2.38. The van der Waals surface area contributed by atoms with Crippen LogP contribution in [-0.4, -0.2) is 51.9 Å². The van der Waals surface area contributed by atoms with Crippen LogP contribution < -0.4 is 10.6 Å². The van der Waals surface area contributed by atoms with Gasteiger partial charge in [0, 0.05) is 19.6 Å². The van der Waals surface area contributed by atoms with E-state index in [0.29, 0.717) is 19.0 Å². The number of amides is 3. The van der Waals surface area contributed by atoms with E-state index in [-0.39, 0.29) is 17.2 Å². The van der Waals surface area contributed by atoms with Gasteiger partial charge in [0.1, 0.15) is 0 Å². The first-order valence-electron chi connectivity index (χ1n) is 6.80. The van der Waals surface area contributed by atoms with E-state index < -0.39 is 0 Å². The number of carbonyl (C=O) groups is 2. The monoisotopic (exact) mass is 329 g/mol. The highest BCUT2D eigenvalue weighted by Gasteiger charge is 2.30. The zero-order chi connectivity index (χ0) is 15.4. The summed E-state index contributed by atoms with van der Waals surface area (Å²) in [4.78, 5) is 24.9. The maximum atomic E-state index is 12.2. The minimum atomic E-state index is -0.361. The second kappa shape index (κ2) is 7.08. The number of hydrogen-bond acceptors (Lipinski definition) is 7. The maximum Gasteiger partial charge on any atom is 0.324 e. The summed E-state index contributed by atoms with van der Waals surface area (Å²) >= 11 is 2.75. The second-order valence-electron chi connectivity index (χ2n) is 5.13. The first-order valence-corrected chi connectivity index (χ1v) is 8.50. The van der Waals surface area contributed by atoms with Gasteiger partial charge in [0.2, 0.25) is 11.0 Å². The number of anilines is 1. The van der Waals surface area contributed by atoms with Crippen molar-refractivity contribution in [2.24, 2.45) is 5.92 Å². The van der Waals surface area contributed by atoms with Gasteiger partial charge in [-0.05, 0) is 12.8 Å². The van der Waals surface area contributed by atoms with Crippen LogP contribution in [0.15, 0.2) is 4.34 Å². The van der Waals surface area contributed by atoms with Crippen molar-refractivity contribution in [2.45, 2.75) is 30.4 Å². The number of urea groups is 1. The molecule has 1 aliphatic heterocycles. The fraction of sp³-hybridized carbons (Fsp3) is 0.667. The van der Waals surface area contributed by atoms with Crippen LogP contribution in [0.2, 0.25) is 0 Å². The Morgan fingerprint density at radius 3 is 2.86 bits per heavy atom. The molecule has 1 saturated heterocycles. The van der Waals surface area contributed by atoms with Gasteiger partial charge in [0.05, 0.1) is 5.25 Å². The third-order valence-corrected chi connectivity index (χ3v) is 4.87. The van der Waals surface area contributed by atoms with Gasteiger partial charge < -0.3 is 10.6 Å². The van der Waals surface area contributed by atoms with E-state index >= 15 is 0 Å². The van der Waals surface area contributed by atoms with Crippen molar-refractivity contribution in [1.82, 2.24) is 20.4 Å². The van der Waals surface area contributed by atoms with Crippen molar-refractivity contribution >= 4 is 40.2 Å². The SMILES string of the molecule is CC(C)CNc1nnc(S[C@@H](C)C(=O)N2CCNC2=O)s1. The van der Waals surface area contributed by atoms with Gasteiger partial charge in [0.25, 0.3) is 0 Å². The molecule has 3 amide bonds. The topological polar surface area (TPSA) is 87.2 Å². The van der Waals surface area contributed by atoms with E-state index in [1.165, 1.54) is 28.0 Å². The molecule has 0 aromatic carbocycles. The van der Waals surface area contributed by atoms with Gasteiger partial charge in [-0.2, -0.15) is 0 Å². The van der Waals surface area contributed by atoms with Crippen LogP contribution in [0, 0.1) is 5.92 Å². The molecule has 116 valence electrons. The first-order chi connectivity index (χ1) is 9.97. The Bertz CT molecular complexity index is 520. The van der Waals surface area contributed by atoms with Crippen molar-refractivity contribution in [1.29, 1.82) is 0 Å². The van der Waals surface area contributed by atoms with Crippen LogP contribution in [0.25, 0.3) is 0 Å². The third-order valence-electron chi connectivity index (χ3n) is 2.82. The minimum Gasteiger partial charge on any atom is -0.360 e. The number of carbonyl (C=O) groups excluding carboxylic acids is 2. The van der Waals surface area contributed by atoms with Crippen LogP contribution >= 0.6 is 23.1 Å². The Labute approximate surface area is 131 Å². The van der Waals surface area contributed by atoms with E-state index in [9.17, 15) is 9.59 Å². The Morgan fingerprint density at radius 1 is 1.48 bits per heavy atom. The average molecular weight is 329 g/mol. The van der Waals surface area contributed by atoms with Crippen LogP contribution in [0.5, 0.6) is 0 Å². The first kappa shape index (κ1) is 16.0. The van der Waals surface area contributed by atoms with Gasteiger partial charge in [0.15, 0.2) is 4.34 Å². The van der Waals surface area contributed by atoms with Crippen molar-refractivity contribution in [3.8, 4) is 0 Å². The third kappa shape index (κ3) is 4.31. The molecule has 1 aliphatic rings. The number of rotatable bonds is 6. The van der Waals surface area contributed by atoms with E-state index in [1.54, 1.807) is 6.92 Å². The summed E-state index contributed by atoms with van der Waals surface area (Å²) in [6, 6.07) is -0.316. The minimum absolute atomic E-state index is 0.193. The van der Waals surface area contributed by atoms with Gasteiger partial charge in [-0.15, -0.1) is 10.2 Å². The summed E-state index contributed by atoms with van der Waals surface area (Å²) in [6.45, 7) is 7.80. The average Bonchev–Trinajstić information content (AvgIpc) is 3.04. The highest BCUT2D eigenvalue weighted by atomic mass is 32.2. The predicted molar refractivity (Wildman–Crippen MR) is 83.7 cm³/mol. The summed E-state index contributed by atoms with van der Waals surface area (Å²) in [5.41, 5.74) is 0. The van der Waals surface area contributed by atoms with Crippen molar-refractivity contribution in [3.05, 3.63) is 0 Å². The van der Waals surface area contributed by atoms with E-state index in [0.717, 1.165) is 16.0 Å². The van der Waals surface area contributed by atoms with Gasteiger partial charge >= 0.3 is 6.03 Å². The number of hydrogen-bond donors (Lipinski definition) is 2. The molecule has 2 rings (SSSR count). The molecule has 0 aliphatic carbocycles. The number of aromatic nitrogens is 2. The van der Waals surface area contributed by atoms with E-state index in [4.69, 9.17) is 0 Å². The van der Waals surface area contributed by atoms with Crippen molar-refractivity contribution < 1.29 is 9.59 Å². The van der Waals surface area contributed by atoms with Gasteiger partial charge in [-0.3, -0.25) is 9.69 Å². The van der Waals surface area contributed by atoms with Crippen molar-refractivity contribution in [2.75, 3.05) is 25.0 Å². The largest absolute Gasteiger partial charge is 0.360 e. The lowest BCUT2D eigenvalue weighted by molar-refractivity contribution is -0.126. The van der Waals surface area contributed by atoms with Gasteiger partial charge in [-0.25, -0.2) is 4.79 Å². The summed E-state index contributed by atoms with van der Waals surface area (Å²) in [6.07, 6.45) is 0. The molecule has 2 heterocycles. The van der Waals surface area contributed by atoms with Crippen LogP contribution in [0.4, 0.5) is 9.93 Å². The normalized spacial score (nSPS) is 16.2.